The zero-order valence-electron chi connectivity index (χ0n) is 16.4. The van der Waals surface area contributed by atoms with Gasteiger partial charge in [0.25, 0.3) is 0 Å². The van der Waals surface area contributed by atoms with Crippen LogP contribution in [0.4, 0.5) is 0 Å². The third-order valence-corrected chi connectivity index (χ3v) is 5.85. The van der Waals surface area contributed by atoms with E-state index < -0.39 is 0 Å². The van der Waals surface area contributed by atoms with Crippen molar-refractivity contribution in [1.82, 2.24) is 9.80 Å². The lowest BCUT2D eigenvalue weighted by atomic mass is 10.1. The van der Waals surface area contributed by atoms with Gasteiger partial charge in [0.2, 0.25) is 0 Å². The van der Waals surface area contributed by atoms with Gasteiger partial charge >= 0.3 is 0 Å². The van der Waals surface area contributed by atoms with Gasteiger partial charge in [0.15, 0.2) is 0 Å². The van der Waals surface area contributed by atoms with Crippen LogP contribution in [0.3, 0.4) is 0 Å². The molecule has 1 saturated heterocycles. The SMILES string of the molecule is c1cc2c(cc1CN1CCOCC1)CN(Cc1ccc3c(c1)CCO3)CCO2. The van der Waals surface area contributed by atoms with Crippen molar-refractivity contribution < 1.29 is 14.2 Å². The predicted molar refractivity (Wildman–Crippen MR) is 108 cm³/mol. The molecule has 1 fully saturated rings. The zero-order chi connectivity index (χ0) is 18.8. The highest BCUT2D eigenvalue weighted by atomic mass is 16.5. The van der Waals surface area contributed by atoms with E-state index in [2.05, 4.69) is 46.2 Å². The maximum Gasteiger partial charge on any atom is 0.123 e. The summed E-state index contributed by atoms with van der Waals surface area (Å²) in [6.45, 7) is 9.08. The van der Waals surface area contributed by atoms with Crippen LogP contribution in [0.2, 0.25) is 0 Å². The fourth-order valence-electron chi connectivity index (χ4n) is 4.35. The number of hydrogen-bond acceptors (Lipinski definition) is 5. The van der Waals surface area contributed by atoms with Gasteiger partial charge in [-0.25, -0.2) is 0 Å². The van der Waals surface area contributed by atoms with Crippen molar-refractivity contribution in [2.75, 3.05) is 46.1 Å². The van der Waals surface area contributed by atoms with E-state index >= 15 is 0 Å². The number of nitrogens with zero attached hydrogens (tertiary/aromatic N) is 2. The third kappa shape index (κ3) is 4.02. The van der Waals surface area contributed by atoms with Crippen LogP contribution in [0.25, 0.3) is 0 Å². The molecular formula is C23H28N2O3. The first-order valence-corrected chi connectivity index (χ1v) is 10.4. The molecule has 0 bridgehead atoms. The molecule has 28 heavy (non-hydrogen) atoms. The molecule has 3 heterocycles. The van der Waals surface area contributed by atoms with Crippen molar-refractivity contribution in [1.29, 1.82) is 0 Å². The fourth-order valence-corrected chi connectivity index (χ4v) is 4.35. The highest BCUT2D eigenvalue weighted by Crippen LogP contribution is 2.28. The number of fused-ring (bicyclic) bond motifs is 2. The van der Waals surface area contributed by atoms with Gasteiger partial charge in [-0.2, -0.15) is 0 Å². The second-order valence-corrected chi connectivity index (χ2v) is 7.93. The minimum Gasteiger partial charge on any atom is -0.493 e. The van der Waals surface area contributed by atoms with Gasteiger partial charge < -0.3 is 14.2 Å². The molecule has 0 aliphatic carbocycles. The minimum atomic E-state index is 0.740. The van der Waals surface area contributed by atoms with Crippen LogP contribution >= 0.6 is 0 Å². The van der Waals surface area contributed by atoms with Gasteiger partial charge in [-0.15, -0.1) is 0 Å². The normalized spacial score (nSPS) is 20.0. The van der Waals surface area contributed by atoms with Gasteiger partial charge in [0, 0.05) is 51.3 Å². The van der Waals surface area contributed by atoms with E-state index in [-0.39, 0.29) is 0 Å². The predicted octanol–water partition coefficient (Wildman–Crippen LogP) is 2.85. The molecule has 0 aromatic heterocycles. The Balaban J connectivity index is 1.29. The average molecular weight is 380 g/mol. The molecule has 148 valence electrons. The molecule has 0 atom stereocenters. The summed E-state index contributed by atoms with van der Waals surface area (Å²) in [6.07, 6.45) is 1.03. The maximum absolute atomic E-state index is 6.04. The number of morpholine rings is 1. The van der Waals surface area contributed by atoms with Crippen LogP contribution in [-0.2, 0) is 30.8 Å². The molecule has 3 aliphatic heterocycles. The van der Waals surface area contributed by atoms with E-state index in [0.717, 1.165) is 83.6 Å². The minimum absolute atomic E-state index is 0.740. The zero-order valence-corrected chi connectivity index (χ0v) is 16.4. The summed E-state index contributed by atoms with van der Waals surface area (Å²) >= 11 is 0. The van der Waals surface area contributed by atoms with Gasteiger partial charge in [-0.05, 0) is 34.9 Å². The molecule has 2 aromatic rings. The lowest BCUT2D eigenvalue weighted by molar-refractivity contribution is 0.0342. The lowest BCUT2D eigenvalue weighted by Gasteiger charge is -2.27. The maximum atomic E-state index is 6.04. The van der Waals surface area contributed by atoms with Gasteiger partial charge in [-0.3, -0.25) is 9.80 Å². The van der Waals surface area contributed by atoms with E-state index in [1.807, 2.05) is 0 Å². The monoisotopic (exact) mass is 380 g/mol. The summed E-state index contributed by atoms with van der Waals surface area (Å²) in [7, 11) is 0. The molecule has 0 spiro atoms. The number of ether oxygens (including phenoxy) is 3. The number of rotatable bonds is 4. The van der Waals surface area contributed by atoms with E-state index in [1.54, 1.807) is 0 Å². The number of hydrogen-bond donors (Lipinski definition) is 0. The Morgan fingerprint density at radius 2 is 1.32 bits per heavy atom. The molecule has 2 aromatic carbocycles. The first-order valence-electron chi connectivity index (χ1n) is 10.4. The van der Waals surface area contributed by atoms with E-state index in [9.17, 15) is 0 Å². The van der Waals surface area contributed by atoms with Crippen LogP contribution in [0.5, 0.6) is 11.5 Å². The van der Waals surface area contributed by atoms with Crippen molar-refractivity contribution in [3.63, 3.8) is 0 Å². The molecule has 5 heteroatoms. The second kappa shape index (κ2) is 8.11. The highest BCUT2D eigenvalue weighted by molar-refractivity contribution is 5.40. The van der Waals surface area contributed by atoms with Crippen molar-refractivity contribution in [2.24, 2.45) is 0 Å². The Kier molecular flexibility index (Phi) is 5.21. The van der Waals surface area contributed by atoms with E-state index in [4.69, 9.17) is 14.2 Å². The lowest BCUT2D eigenvalue weighted by Crippen LogP contribution is -2.35. The molecule has 0 radical (unpaired) electrons. The summed E-state index contributed by atoms with van der Waals surface area (Å²) < 4.78 is 17.1. The van der Waals surface area contributed by atoms with E-state index in [0.29, 0.717) is 0 Å². The highest BCUT2D eigenvalue weighted by Gasteiger charge is 2.19. The quantitative estimate of drug-likeness (QED) is 0.815. The molecule has 3 aliphatic rings. The van der Waals surface area contributed by atoms with Crippen molar-refractivity contribution >= 4 is 0 Å². The van der Waals surface area contributed by atoms with Crippen LogP contribution in [0.15, 0.2) is 36.4 Å². The summed E-state index contributed by atoms with van der Waals surface area (Å²) in [5.41, 5.74) is 5.36. The van der Waals surface area contributed by atoms with Crippen molar-refractivity contribution in [3.8, 4) is 11.5 Å². The Labute approximate surface area is 166 Å². The van der Waals surface area contributed by atoms with Gasteiger partial charge in [0.05, 0.1) is 19.8 Å². The van der Waals surface area contributed by atoms with E-state index in [1.165, 1.54) is 22.3 Å². The summed E-state index contributed by atoms with van der Waals surface area (Å²) in [6, 6.07) is 13.3. The van der Waals surface area contributed by atoms with Gasteiger partial charge in [-0.1, -0.05) is 18.2 Å². The molecule has 0 N–H and O–H groups in total. The van der Waals surface area contributed by atoms with Crippen LogP contribution in [-0.4, -0.2) is 55.9 Å². The average Bonchev–Trinajstić information content (AvgIpc) is 3.09. The molecule has 0 saturated carbocycles. The largest absolute Gasteiger partial charge is 0.493 e. The van der Waals surface area contributed by atoms with Crippen LogP contribution in [0, 0.1) is 0 Å². The summed E-state index contributed by atoms with van der Waals surface area (Å²) in [4.78, 5) is 4.95. The Hall–Kier alpha value is -2.08. The molecular weight excluding hydrogens is 352 g/mol. The third-order valence-electron chi connectivity index (χ3n) is 5.85. The number of benzene rings is 2. The molecule has 5 nitrogen and oxygen atoms in total. The first-order chi connectivity index (χ1) is 13.8. The summed E-state index contributed by atoms with van der Waals surface area (Å²) in [5, 5.41) is 0. The van der Waals surface area contributed by atoms with Gasteiger partial charge in [0.1, 0.15) is 18.1 Å². The Morgan fingerprint density at radius 1 is 0.679 bits per heavy atom. The Morgan fingerprint density at radius 3 is 2.14 bits per heavy atom. The first kappa shape index (κ1) is 18.0. The summed E-state index contributed by atoms with van der Waals surface area (Å²) in [5.74, 6) is 2.09. The Bertz CT molecular complexity index is 833. The van der Waals surface area contributed by atoms with Crippen LogP contribution < -0.4 is 9.47 Å². The smallest absolute Gasteiger partial charge is 0.123 e. The molecule has 5 rings (SSSR count). The van der Waals surface area contributed by atoms with Crippen molar-refractivity contribution in [2.45, 2.75) is 26.1 Å². The second-order valence-electron chi connectivity index (χ2n) is 7.93. The van der Waals surface area contributed by atoms with Crippen molar-refractivity contribution in [3.05, 3.63) is 58.7 Å². The fraction of sp³-hybridized carbons (Fsp3) is 0.478. The standard InChI is InChI=1S/C23H28N2O3/c1-3-22-20(5-9-27-22)13-18(1)16-25-8-12-28-23-4-2-19(14-21(23)17-25)15-24-6-10-26-11-7-24/h1-4,13-14H,5-12,15-17H2. The van der Waals surface area contributed by atoms with Crippen LogP contribution in [0.1, 0.15) is 22.3 Å². The molecule has 0 unspecified atom stereocenters. The topological polar surface area (TPSA) is 34.2 Å². The molecule has 0 amide bonds.